The molecular formula is C19H16N6O2. The van der Waals surface area contributed by atoms with Crippen molar-refractivity contribution in [2.75, 3.05) is 5.32 Å². The summed E-state index contributed by atoms with van der Waals surface area (Å²) in [6.45, 7) is 1.45. The summed E-state index contributed by atoms with van der Waals surface area (Å²) in [5.41, 5.74) is 3.66. The van der Waals surface area contributed by atoms with E-state index in [4.69, 9.17) is 0 Å². The molecule has 0 aliphatic heterocycles. The number of carbonyl (C=O) groups excluding carboxylic acids is 2. The molecule has 1 amide bonds. The van der Waals surface area contributed by atoms with Gasteiger partial charge in [0, 0.05) is 36.0 Å². The molecule has 4 rings (SSSR count). The number of nitrogens with one attached hydrogen (secondary N) is 2. The molecule has 0 aliphatic rings. The number of aromatic amines is 1. The molecule has 0 spiro atoms. The Hall–Kier alpha value is -3.81. The molecule has 2 N–H and O–H groups in total. The number of hydrogen-bond acceptors (Lipinski definition) is 5. The molecule has 0 atom stereocenters. The van der Waals surface area contributed by atoms with E-state index in [0.717, 1.165) is 22.2 Å². The van der Waals surface area contributed by atoms with Crippen molar-refractivity contribution in [3.8, 4) is 11.3 Å². The summed E-state index contributed by atoms with van der Waals surface area (Å²) in [5, 5.41) is 10.2. The van der Waals surface area contributed by atoms with E-state index in [9.17, 15) is 9.59 Å². The number of fused-ring (bicyclic) bond motifs is 1. The second-order valence-corrected chi connectivity index (χ2v) is 6.08. The molecular weight excluding hydrogens is 344 g/mol. The predicted molar refractivity (Wildman–Crippen MR) is 100 cm³/mol. The minimum atomic E-state index is -0.134. The van der Waals surface area contributed by atoms with Gasteiger partial charge in [0.15, 0.2) is 5.65 Å². The molecule has 0 unspecified atom stereocenters. The summed E-state index contributed by atoms with van der Waals surface area (Å²) < 4.78 is 1.53. The van der Waals surface area contributed by atoms with Crippen LogP contribution in [0.2, 0.25) is 0 Å². The van der Waals surface area contributed by atoms with E-state index in [0.29, 0.717) is 11.3 Å². The first-order valence-corrected chi connectivity index (χ1v) is 8.33. The fourth-order valence-electron chi connectivity index (χ4n) is 2.93. The van der Waals surface area contributed by atoms with Gasteiger partial charge in [0.1, 0.15) is 6.33 Å². The van der Waals surface area contributed by atoms with E-state index in [1.165, 1.54) is 17.8 Å². The molecule has 27 heavy (non-hydrogen) atoms. The first-order chi connectivity index (χ1) is 13.1. The lowest BCUT2D eigenvalue weighted by atomic mass is 10.1. The molecule has 134 valence electrons. The SMILES string of the molecule is CC(=O)Nc1ccc(CC(=O)n2ccc3c(-c4cn[nH]c4)ncnc32)cc1. The van der Waals surface area contributed by atoms with Crippen molar-refractivity contribution in [2.24, 2.45) is 0 Å². The molecule has 3 heterocycles. The van der Waals surface area contributed by atoms with Crippen LogP contribution >= 0.6 is 0 Å². The lowest BCUT2D eigenvalue weighted by Gasteiger charge is -2.06. The fraction of sp³-hybridized carbons (Fsp3) is 0.105. The third kappa shape index (κ3) is 3.32. The van der Waals surface area contributed by atoms with Crippen LogP contribution in [-0.4, -0.2) is 36.5 Å². The number of carbonyl (C=O) groups is 2. The average Bonchev–Trinajstić information content (AvgIpc) is 3.32. The molecule has 8 heteroatoms. The Balaban J connectivity index is 1.60. The molecule has 0 aliphatic carbocycles. The highest BCUT2D eigenvalue weighted by Gasteiger charge is 2.15. The average molecular weight is 360 g/mol. The summed E-state index contributed by atoms with van der Waals surface area (Å²) in [7, 11) is 0. The van der Waals surface area contributed by atoms with Crippen LogP contribution in [0.4, 0.5) is 5.69 Å². The van der Waals surface area contributed by atoms with Crippen LogP contribution in [0.15, 0.2) is 55.2 Å². The van der Waals surface area contributed by atoms with Crippen LogP contribution < -0.4 is 5.32 Å². The van der Waals surface area contributed by atoms with Gasteiger partial charge in [-0.3, -0.25) is 19.3 Å². The van der Waals surface area contributed by atoms with Crippen LogP contribution in [0.5, 0.6) is 0 Å². The molecule has 8 nitrogen and oxygen atoms in total. The lowest BCUT2D eigenvalue weighted by Crippen LogP contribution is -2.13. The molecule has 0 bridgehead atoms. The van der Waals surface area contributed by atoms with Crippen molar-refractivity contribution in [2.45, 2.75) is 13.3 Å². The standard InChI is InChI=1S/C19H16N6O2/c1-12(26)24-15-4-2-13(3-5-15)8-17(27)25-7-6-16-18(14-9-22-23-10-14)20-11-21-19(16)25/h2-7,9-11H,8H2,1H3,(H,22,23)(H,24,26). The summed E-state index contributed by atoms with van der Waals surface area (Å²) in [4.78, 5) is 32.4. The van der Waals surface area contributed by atoms with Gasteiger partial charge in [-0.25, -0.2) is 9.97 Å². The highest BCUT2D eigenvalue weighted by atomic mass is 16.2. The van der Waals surface area contributed by atoms with Crippen LogP contribution in [-0.2, 0) is 11.2 Å². The number of anilines is 1. The molecule has 0 saturated heterocycles. The van der Waals surface area contributed by atoms with Crippen molar-refractivity contribution in [3.05, 3.63) is 60.8 Å². The van der Waals surface area contributed by atoms with Gasteiger partial charge in [0.05, 0.1) is 18.3 Å². The van der Waals surface area contributed by atoms with Crippen molar-refractivity contribution < 1.29 is 9.59 Å². The third-order valence-corrected chi connectivity index (χ3v) is 4.15. The maximum atomic E-state index is 12.8. The molecule has 4 aromatic rings. The van der Waals surface area contributed by atoms with Crippen molar-refractivity contribution in [1.29, 1.82) is 0 Å². The minimum Gasteiger partial charge on any atom is -0.326 e. The Kier molecular flexibility index (Phi) is 4.21. The van der Waals surface area contributed by atoms with Gasteiger partial charge >= 0.3 is 0 Å². The zero-order valence-electron chi connectivity index (χ0n) is 14.5. The maximum absolute atomic E-state index is 12.8. The quantitative estimate of drug-likeness (QED) is 0.582. The van der Waals surface area contributed by atoms with E-state index < -0.39 is 0 Å². The largest absolute Gasteiger partial charge is 0.326 e. The molecule has 0 fully saturated rings. The monoisotopic (exact) mass is 360 g/mol. The van der Waals surface area contributed by atoms with Gasteiger partial charge in [-0.05, 0) is 23.8 Å². The first kappa shape index (κ1) is 16.6. The summed E-state index contributed by atoms with van der Waals surface area (Å²) >= 11 is 0. The topological polar surface area (TPSA) is 106 Å². The second kappa shape index (κ2) is 6.83. The summed E-state index contributed by atoms with van der Waals surface area (Å²) in [6.07, 6.45) is 6.79. The van der Waals surface area contributed by atoms with E-state index in [2.05, 4.69) is 25.5 Å². The number of aromatic nitrogens is 5. The zero-order chi connectivity index (χ0) is 18.8. The maximum Gasteiger partial charge on any atom is 0.236 e. The molecule has 0 saturated carbocycles. The molecule has 1 aromatic carbocycles. The molecule has 0 radical (unpaired) electrons. The first-order valence-electron chi connectivity index (χ1n) is 8.33. The number of benzene rings is 1. The van der Waals surface area contributed by atoms with Gasteiger partial charge in [-0.2, -0.15) is 5.10 Å². The fourth-order valence-corrected chi connectivity index (χ4v) is 2.93. The minimum absolute atomic E-state index is 0.103. The van der Waals surface area contributed by atoms with E-state index in [1.807, 2.05) is 18.2 Å². The Morgan fingerprint density at radius 3 is 2.67 bits per heavy atom. The lowest BCUT2D eigenvalue weighted by molar-refractivity contribution is -0.114. The Morgan fingerprint density at radius 1 is 1.15 bits per heavy atom. The van der Waals surface area contributed by atoms with Gasteiger partial charge in [0.2, 0.25) is 11.8 Å². The number of nitrogens with zero attached hydrogens (tertiary/aromatic N) is 4. The summed E-state index contributed by atoms with van der Waals surface area (Å²) in [5.74, 6) is -0.236. The number of amides is 1. The van der Waals surface area contributed by atoms with Crippen LogP contribution in [0.1, 0.15) is 17.3 Å². The van der Waals surface area contributed by atoms with Crippen molar-refractivity contribution in [1.82, 2.24) is 24.7 Å². The van der Waals surface area contributed by atoms with Gasteiger partial charge in [0.25, 0.3) is 0 Å². The van der Waals surface area contributed by atoms with E-state index in [1.54, 1.807) is 30.7 Å². The van der Waals surface area contributed by atoms with Gasteiger partial charge < -0.3 is 5.32 Å². The van der Waals surface area contributed by atoms with Gasteiger partial charge in [-0.15, -0.1) is 0 Å². The van der Waals surface area contributed by atoms with Crippen LogP contribution in [0, 0.1) is 0 Å². The number of rotatable bonds is 4. The highest BCUT2D eigenvalue weighted by Crippen LogP contribution is 2.25. The Bertz CT molecular complexity index is 1110. The van der Waals surface area contributed by atoms with Crippen molar-refractivity contribution >= 4 is 28.5 Å². The van der Waals surface area contributed by atoms with Crippen LogP contribution in [0.3, 0.4) is 0 Å². The van der Waals surface area contributed by atoms with Crippen LogP contribution in [0.25, 0.3) is 22.3 Å². The predicted octanol–water partition coefficient (Wildman–Crippen LogP) is 2.66. The Morgan fingerprint density at radius 2 is 1.96 bits per heavy atom. The normalized spacial score (nSPS) is 10.9. The molecule has 3 aromatic heterocycles. The highest BCUT2D eigenvalue weighted by molar-refractivity contribution is 5.97. The smallest absolute Gasteiger partial charge is 0.236 e. The Labute approximate surface area is 154 Å². The second-order valence-electron chi connectivity index (χ2n) is 6.08. The summed E-state index contributed by atoms with van der Waals surface area (Å²) in [6, 6.07) is 9.02. The van der Waals surface area contributed by atoms with Crippen molar-refractivity contribution in [3.63, 3.8) is 0 Å². The van der Waals surface area contributed by atoms with Gasteiger partial charge in [-0.1, -0.05) is 12.1 Å². The number of hydrogen-bond donors (Lipinski definition) is 2. The van der Waals surface area contributed by atoms with E-state index >= 15 is 0 Å². The zero-order valence-corrected chi connectivity index (χ0v) is 14.5. The van der Waals surface area contributed by atoms with E-state index in [-0.39, 0.29) is 18.2 Å². The number of H-pyrrole nitrogens is 1. The third-order valence-electron chi connectivity index (χ3n) is 4.15.